The quantitative estimate of drug-likeness (QED) is 0.680. The van der Waals surface area contributed by atoms with Gasteiger partial charge in [-0.05, 0) is 51.2 Å². The first-order valence-corrected chi connectivity index (χ1v) is 11.6. The Kier molecular flexibility index (Phi) is 6.29. The van der Waals surface area contributed by atoms with E-state index >= 15 is 0 Å². The average molecular weight is 456 g/mol. The number of nitrogens with zero attached hydrogens (tertiary/aromatic N) is 3. The fourth-order valence-electron chi connectivity index (χ4n) is 5.02. The van der Waals surface area contributed by atoms with E-state index in [9.17, 15) is 14.4 Å². The van der Waals surface area contributed by atoms with Gasteiger partial charge in [0, 0.05) is 30.5 Å². The fraction of sp³-hybridized carbons (Fsp3) is 0.542. The number of hydroxylamine groups is 2. The van der Waals surface area contributed by atoms with Crippen molar-refractivity contribution in [2.75, 3.05) is 19.8 Å². The molecule has 0 radical (unpaired) electrons. The van der Waals surface area contributed by atoms with Crippen molar-refractivity contribution in [3.63, 3.8) is 0 Å². The number of hydrogen-bond donors (Lipinski definition) is 0. The van der Waals surface area contributed by atoms with Crippen molar-refractivity contribution < 1.29 is 19.1 Å². The van der Waals surface area contributed by atoms with Crippen LogP contribution in [0.1, 0.15) is 54.1 Å². The monoisotopic (exact) mass is 455 g/mol. The lowest BCUT2D eigenvalue weighted by Crippen LogP contribution is -2.46. The number of aryl methyl sites for hydroxylation is 1. The van der Waals surface area contributed by atoms with E-state index in [0.717, 1.165) is 30.4 Å². The van der Waals surface area contributed by atoms with Gasteiger partial charge in [0.15, 0.2) is 6.29 Å². The van der Waals surface area contributed by atoms with Crippen LogP contribution in [0.3, 0.4) is 0 Å². The zero-order valence-corrected chi connectivity index (χ0v) is 18.7. The lowest BCUT2D eigenvalue weighted by molar-refractivity contribution is -0.206. The molecule has 2 aromatic rings. The van der Waals surface area contributed by atoms with Crippen LogP contribution in [-0.2, 0) is 14.3 Å². The lowest BCUT2D eigenvalue weighted by atomic mass is 10.0. The van der Waals surface area contributed by atoms with Crippen LogP contribution in [0, 0.1) is 6.92 Å². The van der Waals surface area contributed by atoms with E-state index in [1.807, 2.05) is 5.06 Å². The van der Waals surface area contributed by atoms with Gasteiger partial charge in [-0.1, -0.05) is 18.2 Å². The second-order valence-electron chi connectivity index (χ2n) is 8.97. The molecule has 3 saturated heterocycles. The van der Waals surface area contributed by atoms with Crippen LogP contribution in [0.5, 0.6) is 0 Å². The van der Waals surface area contributed by atoms with Crippen molar-refractivity contribution in [3.8, 4) is 0 Å². The third-order valence-corrected chi connectivity index (χ3v) is 6.72. The van der Waals surface area contributed by atoms with Crippen LogP contribution in [0.2, 0.25) is 0 Å². The molecule has 3 aliphatic heterocycles. The summed E-state index contributed by atoms with van der Waals surface area (Å²) in [6.45, 7) is 3.46. The first-order valence-electron chi connectivity index (χ1n) is 11.6. The minimum Gasteiger partial charge on any atom is -0.353 e. The Hall–Kier alpha value is -2.59. The van der Waals surface area contributed by atoms with Crippen LogP contribution in [0.4, 0.5) is 0 Å². The topological polar surface area (TPSA) is 92.0 Å². The number of carbonyl (C=O) groups excluding carboxylic acids is 1. The predicted molar refractivity (Wildman–Crippen MR) is 119 cm³/mol. The highest BCUT2D eigenvalue weighted by Gasteiger charge is 2.45. The molecular weight excluding hydrogens is 426 g/mol. The van der Waals surface area contributed by atoms with Gasteiger partial charge in [-0.25, -0.2) is 4.79 Å². The maximum atomic E-state index is 13.4. The van der Waals surface area contributed by atoms with Crippen LogP contribution in [0.15, 0.2) is 46.1 Å². The molecule has 0 amide bonds. The molecule has 176 valence electrons. The van der Waals surface area contributed by atoms with E-state index in [2.05, 4.69) is 0 Å². The largest absolute Gasteiger partial charge is 0.353 e. The van der Waals surface area contributed by atoms with E-state index in [1.54, 1.807) is 48.0 Å². The summed E-state index contributed by atoms with van der Waals surface area (Å²) in [6.07, 6.45) is 5.76. The highest BCUT2D eigenvalue weighted by molar-refractivity contribution is 5.95. The Morgan fingerprint density at radius 2 is 1.94 bits per heavy atom. The number of ether oxygens (including phenoxy) is 2. The Morgan fingerprint density at radius 1 is 1.12 bits per heavy atom. The third-order valence-electron chi connectivity index (χ3n) is 6.72. The summed E-state index contributed by atoms with van der Waals surface area (Å²) in [4.78, 5) is 45.2. The first kappa shape index (κ1) is 22.2. The van der Waals surface area contributed by atoms with Crippen molar-refractivity contribution in [1.29, 1.82) is 0 Å². The standard InChI is InChI=1S/C24H29N3O6/c1-16-14-25(24(30)27(22(16)28)23(29)17-7-3-2-4-8-17)19-10-11-26-20(19)13-18(33-26)15-32-21-9-5-6-12-31-21/h2-4,7-8,14,18-21H,5-6,9-13,15H2,1H3/t18-,19+,20-,21?/m1/s1. The zero-order chi connectivity index (χ0) is 22.9. The van der Waals surface area contributed by atoms with Crippen molar-refractivity contribution in [2.24, 2.45) is 0 Å². The first-order chi connectivity index (χ1) is 16.0. The molecule has 0 aliphatic carbocycles. The molecule has 0 N–H and O–H groups in total. The third kappa shape index (κ3) is 4.33. The van der Waals surface area contributed by atoms with Crippen molar-refractivity contribution in [2.45, 2.75) is 63.5 Å². The van der Waals surface area contributed by atoms with Gasteiger partial charge < -0.3 is 9.47 Å². The van der Waals surface area contributed by atoms with Gasteiger partial charge in [-0.2, -0.15) is 9.63 Å². The molecule has 5 rings (SSSR count). The second-order valence-corrected chi connectivity index (χ2v) is 8.97. The van der Waals surface area contributed by atoms with Gasteiger partial charge in [0.1, 0.15) is 6.10 Å². The highest BCUT2D eigenvalue weighted by Crippen LogP contribution is 2.37. The molecule has 33 heavy (non-hydrogen) atoms. The van der Waals surface area contributed by atoms with Gasteiger partial charge in [-0.3, -0.25) is 19.0 Å². The molecule has 1 aromatic carbocycles. The summed E-state index contributed by atoms with van der Waals surface area (Å²) < 4.78 is 13.8. The zero-order valence-electron chi connectivity index (χ0n) is 18.7. The summed E-state index contributed by atoms with van der Waals surface area (Å²) in [5.74, 6) is -0.612. The molecule has 0 spiro atoms. The van der Waals surface area contributed by atoms with Crippen molar-refractivity contribution in [3.05, 3.63) is 68.5 Å². The van der Waals surface area contributed by atoms with E-state index in [-0.39, 0.29) is 24.5 Å². The number of benzene rings is 1. The molecule has 9 nitrogen and oxygen atoms in total. The molecule has 3 fully saturated rings. The van der Waals surface area contributed by atoms with E-state index in [4.69, 9.17) is 14.3 Å². The SMILES string of the molecule is Cc1cn([C@H]2CCN3O[C@@H](COC4CCCCO4)C[C@H]23)c(=O)n(C(=O)c2ccccc2)c1=O. The summed E-state index contributed by atoms with van der Waals surface area (Å²) >= 11 is 0. The van der Waals surface area contributed by atoms with E-state index < -0.39 is 17.2 Å². The Bertz CT molecular complexity index is 1120. The Morgan fingerprint density at radius 3 is 2.70 bits per heavy atom. The van der Waals surface area contributed by atoms with Gasteiger partial charge in [0.2, 0.25) is 0 Å². The average Bonchev–Trinajstić information content (AvgIpc) is 3.42. The number of hydrogen-bond acceptors (Lipinski definition) is 7. The lowest BCUT2D eigenvalue weighted by Gasteiger charge is -2.24. The molecule has 0 bridgehead atoms. The number of aromatic nitrogens is 2. The molecule has 1 aromatic heterocycles. The Balaban J connectivity index is 1.36. The predicted octanol–water partition coefficient (Wildman–Crippen LogP) is 1.87. The number of rotatable bonds is 5. The molecule has 1 unspecified atom stereocenters. The summed E-state index contributed by atoms with van der Waals surface area (Å²) in [5.41, 5.74) is -0.540. The molecular formula is C24H29N3O6. The maximum absolute atomic E-state index is 13.4. The van der Waals surface area contributed by atoms with Crippen LogP contribution >= 0.6 is 0 Å². The fourth-order valence-corrected chi connectivity index (χ4v) is 5.02. The molecule has 4 atom stereocenters. The number of carbonyl (C=O) groups is 1. The summed E-state index contributed by atoms with van der Waals surface area (Å²) in [5, 5.41) is 1.91. The molecule has 9 heteroatoms. The molecule has 0 saturated carbocycles. The van der Waals surface area contributed by atoms with Crippen molar-refractivity contribution in [1.82, 2.24) is 14.2 Å². The number of fused-ring (bicyclic) bond motifs is 1. The van der Waals surface area contributed by atoms with Gasteiger partial charge in [0.25, 0.3) is 11.5 Å². The van der Waals surface area contributed by atoms with Crippen LogP contribution in [0.25, 0.3) is 0 Å². The Labute approximate surface area is 191 Å². The van der Waals surface area contributed by atoms with Gasteiger partial charge >= 0.3 is 5.69 Å². The smallest absolute Gasteiger partial charge is 0.338 e. The maximum Gasteiger partial charge on any atom is 0.338 e. The molecule has 3 aliphatic rings. The van der Waals surface area contributed by atoms with Gasteiger partial charge in [0.05, 0.1) is 18.7 Å². The van der Waals surface area contributed by atoms with E-state index in [0.29, 0.717) is 37.1 Å². The highest BCUT2D eigenvalue weighted by atomic mass is 16.7. The minimum absolute atomic E-state index is 0.0271. The normalized spacial score (nSPS) is 27.5. The summed E-state index contributed by atoms with van der Waals surface area (Å²) in [7, 11) is 0. The minimum atomic E-state index is -0.612. The summed E-state index contributed by atoms with van der Waals surface area (Å²) in [6, 6.07) is 8.17. The van der Waals surface area contributed by atoms with E-state index in [1.165, 1.54) is 0 Å². The van der Waals surface area contributed by atoms with Gasteiger partial charge in [-0.15, -0.1) is 0 Å². The second kappa shape index (κ2) is 9.34. The van der Waals surface area contributed by atoms with Crippen LogP contribution < -0.4 is 11.2 Å². The van der Waals surface area contributed by atoms with Crippen LogP contribution in [-0.4, -0.2) is 58.3 Å². The molecule has 4 heterocycles. The van der Waals surface area contributed by atoms with Crippen molar-refractivity contribution >= 4 is 5.91 Å².